The summed E-state index contributed by atoms with van der Waals surface area (Å²) in [6.45, 7) is 5.02. The van der Waals surface area contributed by atoms with Crippen molar-refractivity contribution in [2.45, 2.75) is 32.7 Å². The lowest BCUT2D eigenvalue weighted by Gasteiger charge is -2.26. The zero-order valence-electron chi connectivity index (χ0n) is 21.3. The molecule has 1 atom stereocenters. The highest BCUT2D eigenvalue weighted by molar-refractivity contribution is 6.51. The lowest BCUT2D eigenvalue weighted by atomic mass is 9.93. The van der Waals surface area contributed by atoms with Crippen molar-refractivity contribution in [3.63, 3.8) is 0 Å². The third-order valence-electron chi connectivity index (χ3n) is 6.63. The van der Waals surface area contributed by atoms with Gasteiger partial charge in [-0.05, 0) is 80.3 Å². The summed E-state index contributed by atoms with van der Waals surface area (Å²) in [5, 5.41) is 21.8. The van der Waals surface area contributed by atoms with Crippen molar-refractivity contribution in [3.05, 3.63) is 82.9 Å². The van der Waals surface area contributed by atoms with Gasteiger partial charge in [0, 0.05) is 17.3 Å². The Balaban J connectivity index is 1.70. The SMILES string of the molecule is CCOc1cccc(N2C(=O)C(=O)/C(=C(/O)c3ccc4c(c3)CCCO4)C2c2ccc(O)c(OCC)c2)c1. The molecule has 3 aromatic rings. The molecule has 0 aliphatic carbocycles. The smallest absolute Gasteiger partial charge is 0.300 e. The van der Waals surface area contributed by atoms with E-state index in [-0.39, 0.29) is 22.8 Å². The Morgan fingerprint density at radius 3 is 2.63 bits per heavy atom. The van der Waals surface area contributed by atoms with Crippen LogP contribution in [0.4, 0.5) is 5.69 Å². The summed E-state index contributed by atoms with van der Waals surface area (Å²) < 4.78 is 16.9. The van der Waals surface area contributed by atoms with E-state index in [4.69, 9.17) is 14.2 Å². The van der Waals surface area contributed by atoms with Crippen LogP contribution in [0.2, 0.25) is 0 Å². The van der Waals surface area contributed by atoms with E-state index in [0.29, 0.717) is 42.4 Å². The molecule has 2 N–H and O–H groups in total. The zero-order chi connectivity index (χ0) is 26.8. The second-order valence-electron chi connectivity index (χ2n) is 9.03. The van der Waals surface area contributed by atoms with Gasteiger partial charge in [-0.1, -0.05) is 12.1 Å². The minimum Gasteiger partial charge on any atom is -0.507 e. The summed E-state index contributed by atoms with van der Waals surface area (Å²) in [5.41, 5.74) is 2.23. The van der Waals surface area contributed by atoms with Crippen LogP contribution in [0.3, 0.4) is 0 Å². The third kappa shape index (κ3) is 4.53. The number of fused-ring (bicyclic) bond motifs is 1. The van der Waals surface area contributed by atoms with E-state index in [9.17, 15) is 19.8 Å². The molecule has 2 aliphatic heterocycles. The molecular formula is C30H29NO7. The van der Waals surface area contributed by atoms with E-state index in [0.717, 1.165) is 24.2 Å². The molecule has 8 nitrogen and oxygen atoms in total. The fraction of sp³-hybridized carbons (Fsp3) is 0.267. The molecule has 1 amide bonds. The molecule has 0 radical (unpaired) electrons. The van der Waals surface area contributed by atoms with Gasteiger partial charge in [0.15, 0.2) is 11.5 Å². The molecule has 5 rings (SSSR count). The molecule has 2 aliphatic rings. The molecule has 2 heterocycles. The predicted molar refractivity (Wildman–Crippen MR) is 142 cm³/mol. The van der Waals surface area contributed by atoms with E-state index in [1.165, 1.54) is 11.0 Å². The number of aliphatic hydroxyl groups excluding tert-OH is 1. The number of anilines is 1. The van der Waals surface area contributed by atoms with Crippen molar-refractivity contribution < 1.29 is 34.0 Å². The van der Waals surface area contributed by atoms with Gasteiger partial charge in [-0.15, -0.1) is 0 Å². The van der Waals surface area contributed by atoms with E-state index in [2.05, 4.69) is 0 Å². The van der Waals surface area contributed by atoms with Gasteiger partial charge in [-0.3, -0.25) is 14.5 Å². The van der Waals surface area contributed by atoms with Gasteiger partial charge in [0.1, 0.15) is 17.3 Å². The van der Waals surface area contributed by atoms with Crippen LogP contribution in [-0.2, 0) is 16.0 Å². The molecule has 0 saturated carbocycles. The lowest BCUT2D eigenvalue weighted by Crippen LogP contribution is -2.29. The Hall–Kier alpha value is -4.46. The maximum atomic E-state index is 13.5. The minimum atomic E-state index is -0.973. The van der Waals surface area contributed by atoms with Crippen LogP contribution in [0.1, 0.15) is 43.0 Å². The molecule has 8 heteroatoms. The van der Waals surface area contributed by atoms with Crippen LogP contribution in [-0.4, -0.2) is 41.7 Å². The highest BCUT2D eigenvalue weighted by Crippen LogP contribution is 2.45. The van der Waals surface area contributed by atoms with Crippen LogP contribution in [0.5, 0.6) is 23.0 Å². The number of ether oxygens (including phenoxy) is 3. The van der Waals surface area contributed by atoms with Crippen molar-refractivity contribution in [1.29, 1.82) is 0 Å². The van der Waals surface area contributed by atoms with Crippen molar-refractivity contribution in [3.8, 4) is 23.0 Å². The first-order valence-electron chi connectivity index (χ1n) is 12.7. The molecule has 38 heavy (non-hydrogen) atoms. The van der Waals surface area contributed by atoms with Crippen LogP contribution >= 0.6 is 0 Å². The molecule has 3 aromatic carbocycles. The van der Waals surface area contributed by atoms with Gasteiger partial charge in [0.25, 0.3) is 11.7 Å². The van der Waals surface area contributed by atoms with Crippen LogP contribution in [0.25, 0.3) is 5.76 Å². The highest BCUT2D eigenvalue weighted by atomic mass is 16.5. The summed E-state index contributed by atoms with van der Waals surface area (Å²) in [7, 11) is 0. The number of aliphatic hydroxyl groups is 1. The minimum absolute atomic E-state index is 0.0540. The summed E-state index contributed by atoms with van der Waals surface area (Å²) in [6.07, 6.45) is 1.64. The number of hydrogen-bond acceptors (Lipinski definition) is 7. The number of benzene rings is 3. The number of Topliss-reactive ketones (excluding diaryl/α,β-unsaturated/α-hetero) is 1. The second kappa shape index (κ2) is 10.5. The Kier molecular flexibility index (Phi) is 6.96. The van der Waals surface area contributed by atoms with E-state index < -0.39 is 17.7 Å². The summed E-state index contributed by atoms with van der Waals surface area (Å²) >= 11 is 0. The second-order valence-corrected chi connectivity index (χ2v) is 9.03. The zero-order valence-corrected chi connectivity index (χ0v) is 21.3. The Labute approximate surface area is 220 Å². The average molecular weight is 516 g/mol. The third-order valence-corrected chi connectivity index (χ3v) is 6.63. The molecule has 0 aromatic heterocycles. The number of phenolic OH excluding ortho intramolecular Hbond substituents is 1. The van der Waals surface area contributed by atoms with E-state index >= 15 is 0 Å². The number of amides is 1. The van der Waals surface area contributed by atoms with Gasteiger partial charge < -0.3 is 24.4 Å². The topological polar surface area (TPSA) is 106 Å². The van der Waals surface area contributed by atoms with Crippen LogP contribution < -0.4 is 19.1 Å². The molecular weight excluding hydrogens is 486 g/mol. The average Bonchev–Trinajstić information content (AvgIpc) is 3.19. The van der Waals surface area contributed by atoms with Crippen molar-refractivity contribution in [2.75, 3.05) is 24.7 Å². The molecule has 1 unspecified atom stereocenters. The molecule has 0 bridgehead atoms. The standard InChI is InChI=1S/C30H29NO7/c1-3-36-22-9-5-8-21(17-22)31-27(19-10-12-23(32)25(16-19)37-4-2)26(29(34)30(31)35)28(33)20-11-13-24-18(15-20)7-6-14-38-24/h5,8-13,15-17,27,32-33H,3-4,6-7,14H2,1-2H3/b28-26+. The van der Waals surface area contributed by atoms with E-state index in [1.54, 1.807) is 61.5 Å². The number of nitrogens with zero attached hydrogens (tertiary/aromatic N) is 1. The number of phenols is 1. The normalized spacial score (nSPS) is 18.2. The maximum Gasteiger partial charge on any atom is 0.300 e. The number of carbonyl (C=O) groups is 2. The van der Waals surface area contributed by atoms with Gasteiger partial charge >= 0.3 is 0 Å². The number of aromatic hydroxyl groups is 1. The monoisotopic (exact) mass is 515 g/mol. The Bertz CT molecular complexity index is 1430. The van der Waals surface area contributed by atoms with Crippen molar-refractivity contribution >= 4 is 23.1 Å². The van der Waals surface area contributed by atoms with E-state index in [1.807, 2.05) is 6.92 Å². The van der Waals surface area contributed by atoms with Crippen molar-refractivity contribution in [2.24, 2.45) is 0 Å². The summed E-state index contributed by atoms with van der Waals surface area (Å²) in [6, 6.07) is 15.8. The van der Waals surface area contributed by atoms with Gasteiger partial charge in [-0.2, -0.15) is 0 Å². The molecule has 1 fully saturated rings. The van der Waals surface area contributed by atoms with Crippen molar-refractivity contribution in [1.82, 2.24) is 0 Å². The quantitative estimate of drug-likeness (QED) is 0.255. The number of carbonyl (C=O) groups excluding carboxylic acids is 2. The molecule has 196 valence electrons. The van der Waals surface area contributed by atoms with Gasteiger partial charge in [-0.25, -0.2) is 0 Å². The number of hydrogen-bond donors (Lipinski definition) is 2. The van der Waals surface area contributed by atoms with Crippen LogP contribution in [0, 0.1) is 0 Å². The Morgan fingerprint density at radius 1 is 1.03 bits per heavy atom. The lowest BCUT2D eigenvalue weighted by molar-refractivity contribution is -0.132. The number of aryl methyl sites for hydroxylation is 1. The van der Waals surface area contributed by atoms with Crippen LogP contribution in [0.15, 0.2) is 66.2 Å². The maximum absolute atomic E-state index is 13.5. The molecule has 0 spiro atoms. The first-order valence-corrected chi connectivity index (χ1v) is 12.7. The Morgan fingerprint density at radius 2 is 1.84 bits per heavy atom. The van der Waals surface area contributed by atoms with Gasteiger partial charge in [0.2, 0.25) is 0 Å². The largest absolute Gasteiger partial charge is 0.507 e. The number of ketones is 1. The first-order chi connectivity index (χ1) is 18.4. The van der Waals surface area contributed by atoms with Gasteiger partial charge in [0.05, 0.1) is 31.4 Å². The number of rotatable bonds is 7. The summed E-state index contributed by atoms with van der Waals surface area (Å²) in [5.74, 6) is -0.438. The summed E-state index contributed by atoms with van der Waals surface area (Å²) in [4.78, 5) is 28.4. The fourth-order valence-electron chi connectivity index (χ4n) is 4.94. The fourth-order valence-corrected chi connectivity index (χ4v) is 4.94. The first kappa shape index (κ1) is 25.2. The predicted octanol–water partition coefficient (Wildman–Crippen LogP) is 5.14. The molecule has 1 saturated heterocycles. The highest BCUT2D eigenvalue weighted by Gasteiger charge is 2.47.